The van der Waals surface area contributed by atoms with E-state index < -0.39 is 0 Å². The maximum Gasteiger partial charge on any atom is 0.231 e. The molecule has 0 unspecified atom stereocenters. The van der Waals surface area contributed by atoms with Crippen molar-refractivity contribution in [3.63, 3.8) is 0 Å². The average Bonchev–Trinajstić information content (AvgIpc) is 3.26. The summed E-state index contributed by atoms with van der Waals surface area (Å²) < 4.78 is 0. The number of carbonyl (C=O) groups is 2. The van der Waals surface area contributed by atoms with Crippen LogP contribution in [-0.4, -0.2) is 23.3 Å². The molecule has 1 aliphatic carbocycles. The van der Waals surface area contributed by atoms with E-state index in [4.69, 9.17) is 0 Å². The summed E-state index contributed by atoms with van der Waals surface area (Å²) in [7, 11) is 0. The number of nitrogens with one attached hydrogen (secondary N) is 1. The Morgan fingerprint density at radius 3 is 2.96 bits per heavy atom. The second kappa shape index (κ2) is 6.02. The van der Waals surface area contributed by atoms with Gasteiger partial charge in [0.2, 0.25) is 11.8 Å². The molecule has 1 aromatic heterocycles. The van der Waals surface area contributed by atoms with Crippen molar-refractivity contribution in [2.24, 2.45) is 5.92 Å². The Kier molecular flexibility index (Phi) is 3.84. The Labute approximate surface area is 144 Å². The molecule has 24 heavy (non-hydrogen) atoms. The van der Waals surface area contributed by atoms with Gasteiger partial charge in [0.05, 0.1) is 11.6 Å². The van der Waals surface area contributed by atoms with Crippen molar-refractivity contribution >= 4 is 34.0 Å². The lowest BCUT2D eigenvalue weighted by Crippen LogP contribution is -2.28. The predicted octanol–water partition coefficient (Wildman–Crippen LogP) is 2.93. The molecule has 1 saturated heterocycles. The van der Waals surface area contributed by atoms with Gasteiger partial charge < -0.3 is 10.2 Å². The van der Waals surface area contributed by atoms with Crippen LogP contribution in [0.5, 0.6) is 0 Å². The maximum absolute atomic E-state index is 12.4. The van der Waals surface area contributed by atoms with Gasteiger partial charge in [0.1, 0.15) is 0 Å². The Hall–Kier alpha value is -2.21. The van der Waals surface area contributed by atoms with Crippen LogP contribution in [0.15, 0.2) is 23.6 Å². The van der Waals surface area contributed by atoms with E-state index in [1.807, 2.05) is 18.4 Å². The predicted molar refractivity (Wildman–Crippen MR) is 94.4 cm³/mol. The van der Waals surface area contributed by atoms with E-state index in [0.29, 0.717) is 11.7 Å². The number of carbonyl (C=O) groups excluding carboxylic acids is 2. The lowest BCUT2D eigenvalue weighted by atomic mass is 10.1. The van der Waals surface area contributed by atoms with Crippen molar-refractivity contribution in [3.05, 3.63) is 40.4 Å². The number of nitrogens with zero attached hydrogens (tertiary/aromatic N) is 2. The van der Waals surface area contributed by atoms with Crippen LogP contribution in [0.3, 0.4) is 0 Å². The van der Waals surface area contributed by atoms with E-state index in [9.17, 15) is 9.59 Å². The molecule has 0 spiro atoms. The van der Waals surface area contributed by atoms with Crippen molar-refractivity contribution in [1.82, 2.24) is 4.98 Å². The third-order valence-electron chi connectivity index (χ3n) is 4.74. The Bertz CT molecular complexity index is 814. The first-order valence-corrected chi connectivity index (χ1v) is 9.13. The minimum Gasteiger partial charge on any atom is -0.312 e. The molecular formula is C18H19N3O2S. The molecule has 2 aromatic rings. The second-order valence-electron chi connectivity index (χ2n) is 6.50. The van der Waals surface area contributed by atoms with Crippen LogP contribution < -0.4 is 10.2 Å². The van der Waals surface area contributed by atoms with Gasteiger partial charge in [-0.05, 0) is 49.4 Å². The van der Waals surface area contributed by atoms with Gasteiger partial charge in [-0.1, -0.05) is 6.07 Å². The number of hydrogen-bond donors (Lipinski definition) is 1. The van der Waals surface area contributed by atoms with Gasteiger partial charge in [0.25, 0.3) is 0 Å². The molecule has 4 rings (SSSR count). The SMILES string of the molecule is Cc1csc(NC(=O)[C@H]2CC(=O)N(c3ccc4c(c3)CCC4)C2)n1. The minimum absolute atomic E-state index is 0.0171. The summed E-state index contributed by atoms with van der Waals surface area (Å²) >= 11 is 1.41. The normalized spacial score (nSPS) is 19.6. The van der Waals surface area contributed by atoms with Gasteiger partial charge in [-0.2, -0.15) is 0 Å². The number of anilines is 2. The van der Waals surface area contributed by atoms with Gasteiger partial charge in [-0.15, -0.1) is 11.3 Å². The fraction of sp³-hybridized carbons (Fsp3) is 0.389. The smallest absolute Gasteiger partial charge is 0.231 e. The Morgan fingerprint density at radius 1 is 1.33 bits per heavy atom. The van der Waals surface area contributed by atoms with Gasteiger partial charge in [-0.3, -0.25) is 9.59 Å². The molecular weight excluding hydrogens is 322 g/mol. The third-order valence-corrected chi connectivity index (χ3v) is 5.61. The topological polar surface area (TPSA) is 62.3 Å². The largest absolute Gasteiger partial charge is 0.312 e. The van der Waals surface area contributed by atoms with Gasteiger partial charge in [-0.25, -0.2) is 4.98 Å². The molecule has 2 amide bonds. The number of aryl methyl sites for hydroxylation is 3. The fourth-order valence-electron chi connectivity index (χ4n) is 3.48. The zero-order valence-electron chi connectivity index (χ0n) is 13.5. The third kappa shape index (κ3) is 2.82. The monoisotopic (exact) mass is 341 g/mol. The number of thiazole rings is 1. The summed E-state index contributed by atoms with van der Waals surface area (Å²) in [5.74, 6) is -0.431. The van der Waals surface area contributed by atoms with E-state index in [-0.39, 0.29) is 24.2 Å². The van der Waals surface area contributed by atoms with Crippen molar-refractivity contribution in [2.45, 2.75) is 32.6 Å². The number of benzene rings is 1. The van der Waals surface area contributed by atoms with Crippen molar-refractivity contribution in [1.29, 1.82) is 0 Å². The summed E-state index contributed by atoms with van der Waals surface area (Å²) in [5.41, 5.74) is 4.53. The zero-order chi connectivity index (χ0) is 16.7. The van der Waals surface area contributed by atoms with E-state index >= 15 is 0 Å². The van der Waals surface area contributed by atoms with E-state index in [0.717, 1.165) is 24.2 Å². The molecule has 6 heteroatoms. The highest BCUT2D eigenvalue weighted by Crippen LogP contribution is 2.31. The van der Waals surface area contributed by atoms with Crippen molar-refractivity contribution in [2.75, 3.05) is 16.8 Å². The first-order chi connectivity index (χ1) is 11.6. The molecule has 0 saturated carbocycles. The first kappa shape index (κ1) is 15.3. The molecule has 1 aliphatic heterocycles. The summed E-state index contributed by atoms with van der Waals surface area (Å²) in [6, 6.07) is 6.24. The average molecular weight is 341 g/mol. The van der Waals surface area contributed by atoms with Crippen LogP contribution in [0.4, 0.5) is 10.8 Å². The van der Waals surface area contributed by atoms with Crippen LogP contribution in [0.25, 0.3) is 0 Å². The molecule has 1 fully saturated rings. The molecule has 1 N–H and O–H groups in total. The molecule has 5 nitrogen and oxygen atoms in total. The highest BCUT2D eigenvalue weighted by Gasteiger charge is 2.35. The lowest BCUT2D eigenvalue weighted by Gasteiger charge is -2.17. The fourth-order valence-corrected chi connectivity index (χ4v) is 4.17. The van der Waals surface area contributed by atoms with E-state index in [1.54, 1.807) is 4.90 Å². The molecule has 0 bridgehead atoms. The zero-order valence-corrected chi connectivity index (χ0v) is 14.4. The first-order valence-electron chi connectivity index (χ1n) is 8.25. The molecule has 2 heterocycles. The van der Waals surface area contributed by atoms with Crippen LogP contribution >= 0.6 is 11.3 Å². The number of hydrogen-bond acceptors (Lipinski definition) is 4. The standard InChI is InChI=1S/C18H19N3O2S/c1-11-10-24-18(19-11)20-17(23)14-8-16(22)21(9-14)15-6-5-12-3-2-4-13(12)7-15/h5-7,10,14H,2-4,8-9H2,1H3,(H,19,20,23)/t14-/m0/s1. The summed E-state index contributed by atoms with van der Waals surface area (Å²) in [5, 5.41) is 5.32. The summed E-state index contributed by atoms with van der Waals surface area (Å²) in [4.78, 5) is 30.8. The van der Waals surface area contributed by atoms with Gasteiger partial charge in [0, 0.05) is 24.0 Å². The van der Waals surface area contributed by atoms with Crippen molar-refractivity contribution < 1.29 is 9.59 Å². The summed E-state index contributed by atoms with van der Waals surface area (Å²) in [6.07, 6.45) is 3.65. The molecule has 124 valence electrons. The van der Waals surface area contributed by atoms with Crippen LogP contribution in [0, 0.1) is 12.8 Å². The van der Waals surface area contributed by atoms with E-state index in [2.05, 4.69) is 22.4 Å². The number of rotatable bonds is 3. The second-order valence-corrected chi connectivity index (χ2v) is 7.35. The van der Waals surface area contributed by atoms with Crippen LogP contribution in [0.1, 0.15) is 29.7 Å². The molecule has 1 aromatic carbocycles. The quantitative estimate of drug-likeness (QED) is 0.934. The molecule has 0 radical (unpaired) electrons. The highest BCUT2D eigenvalue weighted by atomic mass is 32.1. The lowest BCUT2D eigenvalue weighted by molar-refractivity contribution is -0.122. The minimum atomic E-state index is -0.324. The number of aromatic nitrogens is 1. The maximum atomic E-state index is 12.4. The summed E-state index contributed by atoms with van der Waals surface area (Å²) in [6.45, 7) is 2.33. The highest BCUT2D eigenvalue weighted by molar-refractivity contribution is 7.13. The molecule has 2 aliphatic rings. The Morgan fingerprint density at radius 2 is 2.17 bits per heavy atom. The molecule has 1 atom stereocenters. The van der Waals surface area contributed by atoms with Gasteiger partial charge in [0.15, 0.2) is 5.13 Å². The van der Waals surface area contributed by atoms with E-state index in [1.165, 1.54) is 28.9 Å². The van der Waals surface area contributed by atoms with Gasteiger partial charge >= 0.3 is 0 Å². The van der Waals surface area contributed by atoms with Crippen LogP contribution in [-0.2, 0) is 22.4 Å². The Balaban J connectivity index is 1.47. The van der Waals surface area contributed by atoms with Crippen LogP contribution in [0.2, 0.25) is 0 Å². The number of amides is 2. The number of fused-ring (bicyclic) bond motifs is 1. The van der Waals surface area contributed by atoms with Crippen molar-refractivity contribution in [3.8, 4) is 0 Å².